The van der Waals surface area contributed by atoms with Gasteiger partial charge in [0, 0.05) is 22.7 Å². The van der Waals surface area contributed by atoms with E-state index < -0.39 is 24.1 Å². The van der Waals surface area contributed by atoms with Crippen LogP contribution < -0.4 is 5.32 Å². The molecule has 0 atom stereocenters. The molecule has 0 fully saturated rings. The fourth-order valence-electron chi connectivity index (χ4n) is 3.65. The van der Waals surface area contributed by atoms with E-state index in [1.165, 1.54) is 28.9 Å². The average Bonchev–Trinajstić information content (AvgIpc) is 3.22. The molecule has 0 aliphatic heterocycles. The molecular formula is C26H18ClFN4O3. The van der Waals surface area contributed by atoms with Gasteiger partial charge in [-0.25, -0.2) is 9.07 Å². The highest BCUT2D eigenvalue weighted by molar-refractivity contribution is 6.30. The second-order valence-corrected chi connectivity index (χ2v) is 8.04. The fraction of sp³-hybridized carbons (Fsp3) is 0.0769. The molecule has 0 spiro atoms. The molecule has 0 unspecified atom stereocenters. The van der Waals surface area contributed by atoms with Gasteiger partial charge in [0.1, 0.15) is 11.9 Å². The van der Waals surface area contributed by atoms with Crippen LogP contribution in [-0.2, 0) is 17.8 Å². The summed E-state index contributed by atoms with van der Waals surface area (Å²) in [6.45, 7) is 0.0869. The maximum atomic E-state index is 13.2. The Bertz CT molecular complexity index is 1440. The molecule has 4 rings (SSSR count). The number of carbonyl (C=O) groups excluding carboxylic acids is 1. The van der Waals surface area contributed by atoms with Crippen LogP contribution >= 0.6 is 11.6 Å². The largest absolute Gasteiger partial charge is 0.481 e. The molecule has 9 heteroatoms. The van der Waals surface area contributed by atoms with Crippen LogP contribution in [0.5, 0.6) is 0 Å². The van der Waals surface area contributed by atoms with Gasteiger partial charge in [0.2, 0.25) is 0 Å². The highest BCUT2D eigenvalue weighted by Crippen LogP contribution is 2.32. The zero-order valence-corrected chi connectivity index (χ0v) is 19.0. The molecule has 1 aromatic heterocycles. The van der Waals surface area contributed by atoms with Gasteiger partial charge in [0.25, 0.3) is 5.91 Å². The van der Waals surface area contributed by atoms with Crippen molar-refractivity contribution in [1.82, 2.24) is 15.1 Å². The molecule has 4 aromatic rings. The number of carboxylic acids is 1. The molecule has 2 N–H and O–H groups in total. The van der Waals surface area contributed by atoms with E-state index in [9.17, 15) is 24.3 Å². The lowest BCUT2D eigenvalue weighted by Gasteiger charge is -2.11. The summed E-state index contributed by atoms with van der Waals surface area (Å²) >= 11 is 6.05. The molecule has 0 aliphatic rings. The van der Waals surface area contributed by atoms with Crippen LogP contribution in [0.25, 0.3) is 16.9 Å². The van der Waals surface area contributed by atoms with Gasteiger partial charge in [0.05, 0.1) is 23.4 Å². The number of hydrogen-bond donors (Lipinski definition) is 2. The summed E-state index contributed by atoms with van der Waals surface area (Å²) in [5, 5.41) is 26.9. The predicted molar refractivity (Wildman–Crippen MR) is 128 cm³/mol. The first-order chi connectivity index (χ1) is 16.9. The zero-order valence-electron chi connectivity index (χ0n) is 18.2. The van der Waals surface area contributed by atoms with Crippen LogP contribution in [0.15, 0.2) is 72.8 Å². The minimum Gasteiger partial charge on any atom is -0.481 e. The highest BCUT2D eigenvalue weighted by atomic mass is 35.5. The summed E-state index contributed by atoms with van der Waals surface area (Å²) in [7, 11) is 0. The van der Waals surface area contributed by atoms with E-state index >= 15 is 0 Å². The van der Waals surface area contributed by atoms with Gasteiger partial charge < -0.3 is 10.4 Å². The number of hydrogen-bond acceptors (Lipinski definition) is 4. The van der Waals surface area contributed by atoms with Crippen LogP contribution in [-0.4, -0.2) is 26.8 Å². The molecule has 3 aromatic carbocycles. The standard InChI is InChI=1S/C26H18ClFN4O3/c27-19-9-7-17(8-10-19)25-21(13-23(33)34)24(26(35)30-15-16-5-11-20(28)12-6-16)31-32(25)22-4-2-1-3-18(22)14-29/h1-12H,13,15H2,(H,30,35)(H,33,34). The van der Waals surface area contributed by atoms with Crippen molar-refractivity contribution < 1.29 is 19.1 Å². The Morgan fingerprint density at radius 3 is 2.40 bits per heavy atom. The predicted octanol–water partition coefficient (Wildman–Crippen LogP) is 4.76. The Morgan fingerprint density at radius 1 is 1.06 bits per heavy atom. The van der Waals surface area contributed by atoms with Crippen molar-refractivity contribution in [2.24, 2.45) is 0 Å². The monoisotopic (exact) mass is 488 g/mol. The quantitative estimate of drug-likeness (QED) is 0.390. The Hall–Kier alpha value is -4.48. The average molecular weight is 489 g/mol. The number of nitrogens with zero attached hydrogens (tertiary/aromatic N) is 3. The van der Waals surface area contributed by atoms with Gasteiger partial charge in [-0.3, -0.25) is 9.59 Å². The molecule has 1 amide bonds. The third-order valence-electron chi connectivity index (χ3n) is 5.26. The van der Waals surface area contributed by atoms with Gasteiger partial charge in [0.15, 0.2) is 5.69 Å². The van der Waals surface area contributed by atoms with Crippen LogP contribution in [0, 0.1) is 17.1 Å². The maximum Gasteiger partial charge on any atom is 0.307 e. The van der Waals surface area contributed by atoms with E-state index in [-0.39, 0.29) is 17.8 Å². The first-order valence-corrected chi connectivity index (χ1v) is 10.9. The number of amides is 1. The van der Waals surface area contributed by atoms with Crippen molar-refractivity contribution in [3.63, 3.8) is 0 Å². The number of halogens is 2. The first kappa shape index (κ1) is 23.7. The van der Waals surface area contributed by atoms with E-state index in [1.807, 2.05) is 0 Å². The third kappa shape index (κ3) is 5.21. The summed E-state index contributed by atoms with van der Waals surface area (Å²) in [5.41, 5.74) is 2.37. The van der Waals surface area contributed by atoms with Gasteiger partial charge in [-0.15, -0.1) is 0 Å². The Kier molecular flexibility index (Phi) is 6.90. The molecule has 0 bridgehead atoms. The van der Waals surface area contributed by atoms with Gasteiger partial charge in [-0.05, 0) is 42.0 Å². The molecular weight excluding hydrogens is 471 g/mol. The fourth-order valence-corrected chi connectivity index (χ4v) is 3.78. The third-order valence-corrected chi connectivity index (χ3v) is 5.52. The Morgan fingerprint density at radius 2 is 1.74 bits per heavy atom. The summed E-state index contributed by atoms with van der Waals surface area (Å²) in [6, 6.07) is 21.1. The van der Waals surface area contributed by atoms with Gasteiger partial charge in [-0.2, -0.15) is 10.4 Å². The van der Waals surface area contributed by atoms with Crippen molar-refractivity contribution in [2.45, 2.75) is 13.0 Å². The van der Waals surface area contributed by atoms with Crippen molar-refractivity contribution in [1.29, 1.82) is 5.26 Å². The Balaban J connectivity index is 1.86. The molecule has 174 valence electrons. The normalized spacial score (nSPS) is 10.5. The number of aromatic nitrogens is 2. The minimum absolute atomic E-state index is 0.0869. The molecule has 0 radical (unpaired) electrons. The highest BCUT2D eigenvalue weighted by Gasteiger charge is 2.27. The maximum absolute atomic E-state index is 13.2. The second-order valence-electron chi connectivity index (χ2n) is 7.60. The van der Waals surface area contributed by atoms with E-state index in [0.717, 1.165) is 0 Å². The number of carbonyl (C=O) groups is 2. The minimum atomic E-state index is -1.15. The number of nitriles is 1. The van der Waals surface area contributed by atoms with Gasteiger partial charge >= 0.3 is 5.97 Å². The molecule has 0 saturated carbocycles. The summed E-state index contributed by atoms with van der Waals surface area (Å²) < 4.78 is 14.6. The van der Waals surface area contributed by atoms with Crippen LogP contribution in [0.2, 0.25) is 5.02 Å². The molecule has 1 heterocycles. The van der Waals surface area contributed by atoms with Gasteiger partial charge in [-0.1, -0.05) is 48.0 Å². The lowest BCUT2D eigenvalue weighted by Crippen LogP contribution is -2.25. The molecule has 35 heavy (non-hydrogen) atoms. The van der Waals surface area contributed by atoms with E-state index in [1.54, 1.807) is 48.5 Å². The van der Waals surface area contributed by atoms with Crippen molar-refractivity contribution in [2.75, 3.05) is 0 Å². The molecule has 0 aliphatic carbocycles. The topological polar surface area (TPSA) is 108 Å². The van der Waals surface area contributed by atoms with E-state index in [2.05, 4.69) is 16.5 Å². The number of rotatable bonds is 7. The van der Waals surface area contributed by atoms with Crippen LogP contribution in [0.4, 0.5) is 4.39 Å². The van der Waals surface area contributed by atoms with Crippen molar-refractivity contribution >= 4 is 23.5 Å². The van der Waals surface area contributed by atoms with Crippen molar-refractivity contribution in [3.8, 4) is 23.0 Å². The number of nitrogens with one attached hydrogen (secondary N) is 1. The first-order valence-electron chi connectivity index (χ1n) is 10.5. The number of benzene rings is 3. The zero-order chi connectivity index (χ0) is 24.9. The van der Waals surface area contributed by atoms with E-state index in [4.69, 9.17) is 11.6 Å². The number of para-hydroxylation sites is 1. The summed E-state index contributed by atoms with van der Waals surface area (Å²) in [6.07, 6.45) is -0.480. The second kappa shape index (κ2) is 10.2. The lowest BCUT2D eigenvalue weighted by atomic mass is 10.0. The summed E-state index contributed by atoms with van der Waals surface area (Å²) in [5.74, 6) is -2.15. The SMILES string of the molecule is N#Cc1ccccc1-n1nc(C(=O)NCc2ccc(F)cc2)c(CC(=O)O)c1-c1ccc(Cl)cc1. The Labute approximate surface area is 205 Å². The smallest absolute Gasteiger partial charge is 0.307 e. The summed E-state index contributed by atoms with van der Waals surface area (Å²) in [4.78, 5) is 25.0. The molecule has 0 saturated heterocycles. The molecule has 7 nitrogen and oxygen atoms in total. The van der Waals surface area contributed by atoms with Crippen LogP contribution in [0.1, 0.15) is 27.2 Å². The number of aliphatic carboxylic acids is 1. The van der Waals surface area contributed by atoms with Crippen molar-refractivity contribution in [3.05, 3.63) is 106 Å². The van der Waals surface area contributed by atoms with E-state index in [0.29, 0.717) is 33.1 Å². The van der Waals surface area contributed by atoms with Crippen LogP contribution in [0.3, 0.4) is 0 Å². The lowest BCUT2D eigenvalue weighted by molar-refractivity contribution is -0.136. The number of carboxylic acid groups (broad SMARTS) is 1.